The lowest BCUT2D eigenvalue weighted by Gasteiger charge is -2.07. The van der Waals surface area contributed by atoms with E-state index >= 15 is 0 Å². The Morgan fingerprint density at radius 2 is 1.91 bits per heavy atom. The zero-order chi connectivity index (χ0) is 15.9. The average Bonchev–Trinajstić information content (AvgIpc) is 2.48. The summed E-state index contributed by atoms with van der Waals surface area (Å²) in [5, 5.41) is 2.87. The van der Waals surface area contributed by atoms with Crippen LogP contribution >= 0.6 is 23.4 Å². The van der Waals surface area contributed by atoms with Crippen LogP contribution in [0.4, 0.5) is 8.78 Å². The topological polar surface area (TPSA) is 29.1 Å². The molecule has 0 heterocycles. The number of hydrogen-bond acceptors (Lipinski definition) is 2. The van der Waals surface area contributed by atoms with Gasteiger partial charge in [-0.1, -0.05) is 29.8 Å². The van der Waals surface area contributed by atoms with Crippen LogP contribution in [0.1, 0.15) is 15.9 Å². The summed E-state index contributed by atoms with van der Waals surface area (Å²) >= 11 is 7.13. The number of halogens is 3. The number of nitrogens with one attached hydrogen (secondary N) is 1. The maximum Gasteiger partial charge on any atom is 0.254 e. The third-order valence-electron chi connectivity index (χ3n) is 2.92. The Kier molecular flexibility index (Phi) is 6.21. The van der Waals surface area contributed by atoms with Crippen molar-refractivity contribution >= 4 is 29.3 Å². The van der Waals surface area contributed by atoms with Crippen LogP contribution in [0.3, 0.4) is 0 Å². The molecular weight excluding hydrogens is 328 g/mol. The number of thioether (sulfide) groups is 1. The van der Waals surface area contributed by atoms with Crippen LogP contribution in [0.5, 0.6) is 0 Å². The Balaban J connectivity index is 1.75. The van der Waals surface area contributed by atoms with Gasteiger partial charge in [-0.15, -0.1) is 0 Å². The molecule has 0 aliphatic heterocycles. The lowest BCUT2D eigenvalue weighted by molar-refractivity contribution is 0.0952. The van der Waals surface area contributed by atoms with E-state index in [1.54, 1.807) is 18.2 Å². The van der Waals surface area contributed by atoms with Crippen molar-refractivity contribution in [3.8, 4) is 0 Å². The SMILES string of the molecule is O=C(NCCSCc1ccccc1F)c1ccc(Cl)cc1F. The van der Waals surface area contributed by atoms with E-state index in [9.17, 15) is 13.6 Å². The standard InChI is InChI=1S/C16H14ClF2NOS/c17-12-5-6-13(15(19)9-12)16(21)20-7-8-22-10-11-3-1-2-4-14(11)18/h1-6,9H,7-8,10H2,(H,20,21). The Morgan fingerprint density at radius 1 is 1.14 bits per heavy atom. The predicted octanol–water partition coefficient (Wildman–Crippen LogP) is 4.28. The largest absolute Gasteiger partial charge is 0.351 e. The smallest absolute Gasteiger partial charge is 0.254 e. The summed E-state index contributed by atoms with van der Waals surface area (Å²) in [4.78, 5) is 11.8. The summed E-state index contributed by atoms with van der Waals surface area (Å²) in [5.41, 5.74) is 0.589. The normalized spacial score (nSPS) is 10.5. The van der Waals surface area contributed by atoms with Crippen molar-refractivity contribution in [2.75, 3.05) is 12.3 Å². The third-order valence-corrected chi connectivity index (χ3v) is 4.17. The van der Waals surface area contributed by atoms with Gasteiger partial charge < -0.3 is 5.32 Å². The van der Waals surface area contributed by atoms with Gasteiger partial charge in [0.2, 0.25) is 0 Å². The van der Waals surface area contributed by atoms with Gasteiger partial charge in [-0.25, -0.2) is 8.78 Å². The molecule has 2 nitrogen and oxygen atoms in total. The molecule has 0 saturated heterocycles. The van der Waals surface area contributed by atoms with Crippen molar-refractivity contribution in [1.29, 1.82) is 0 Å². The summed E-state index contributed by atoms with van der Waals surface area (Å²) in [6.45, 7) is 0.375. The molecule has 0 spiro atoms. The third kappa shape index (κ3) is 4.71. The molecule has 2 rings (SSSR count). The maximum atomic E-state index is 13.5. The monoisotopic (exact) mass is 341 g/mol. The molecule has 2 aromatic carbocycles. The highest BCUT2D eigenvalue weighted by atomic mass is 35.5. The zero-order valence-electron chi connectivity index (χ0n) is 11.6. The molecular formula is C16H14ClF2NOS. The quantitative estimate of drug-likeness (QED) is 0.794. The number of amides is 1. The number of benzene rings is 2. The second-order valence-electron chi connectivity index (χ2n) is 4.52. The van der Waals surface area contributed by atoms with Gasteiger partial charge in [0.25, 0.3) is 5.91 Å². The van der Waals surface area contributed by atoms with E-state index in [0.717, 1.165) is 6.07 Å². The van der Waals surface area contributed by atoms with Gasteiger partial charge in [0.05, 0.1) is 5.56 Å². The maximum absolute atomic E-state index is 13.5. The van der Waals surface area contributed by atoms with Gasteiger partial charge in [-0.2, -0.15) is 11.8 Å². The molecule has 1 amide bonds. The minimum Gasteiger partial charge on any atom is -0.351 e. The minimum absolute atomic E-state index is 0.0384. The Morgan fingerprint density at radius 3 is 2.64 bits per heavy atom. The van der Waals surface area contributed by atoms with E-state index in [4.69, 9.17) is 11.6 Å². The summed E-state index contributed by atoms with van der Waals surface area (Å²) in [5.74, 6) is -0.236. The highest BCUT2D eigenvalue weighted by Gasteiger charge is 2.11. The fourth-order valence-corrected chi connectivity index (χ4v) is 2.81. The Bertz CT molecular complexity index is 666. The molecule has 0 radical (unpaired) electrons. The Labute approximate surface area is 136 Å². The van der Waals surface area contributed by atoms with Crippen molar-refractivity contribution < 1.29 is 13.6 Å². The van der Waals surface area contributed by atoms with Crippen LogP contribution in [0.25, 0.3) is 0 Å². The van der Waals surface area contributed by atoms with Gasteiger partial charge >= 0.3 is 0 Å². The van der Waals surface area contributed by atoms with Crippen molar-refractivity contribution in [2.24, 2.45) is 0 Å². The first-order valence-electron chi connectivity index (χ1n) is 6.62. The van der Waals surface area contributed by atoms with Gasteiger partial charge in [0.15, 0.2) is 0 Å². The van der Waals surface area contributed by atoms with Crippen LogP contribution in [0.2, 0.25) is 5.02 Å². The molecule has 22 heavy (non-hydrogen) atoms. The second kappa shape index (κ2) is 8.15. The Hall–Kier alpha value is -1.59. The first-order valence-corrected chi connectivity index (χ1v) is 8.15. The molecule has 116 valence electrons. The van der Waals surface area contributed by atoms with Crippen LogP contribution < -0.4 is 5.32 Å². The number of rotatable bonds is 6. The molecule has 1 N–H and O–H groups in total. The predicted molar refractivity (Wildman–Crippen MR) is 86.3 cm³/mol. The van der Waals surface area contributed by atoms with E-state index in [0.29, 0.717) is 23.6 Å². The van der Waals surface area contributed by atoms with E-state index in [1.165, 1.54) is 30.0 Å². The lowest BCUT2D eigenvalue weighted by Crippen LogP contribution is -2.26. The van der Waals surface area contributed by atoms with Crippen LogP contribution in [-0.2, 0) is 5.75 Å². The van der Waals surface area contributed by atoms with Gasteiger partial charge in [-0.3, -0.25) is 4.79 Å². The second-order valence-corrected chi connectivity index (χ2v) is 6.07. The first kappa shape index (κ1) is 16.8. The highest BCUT2D eigenvalue weighted by molar-refractivity contribution is 7.98. The summed E-state index contributed by atoms with van der Waals surface area (Å²) in [6.07, 6.45) is 0. The highest BCUT2D eigenvalue weighted by Crippen LogP contribution is 2.16. The van der Waals surface area contributed by atoms with Gasteiger partial charge in [0.1, 0.15) is 11.6 Å². The van der Waals surface area contributed by atoms with Crippen LogP contribution in [0.15, 0.2) is 42.5 Å². The molecule has 6 heteroatoms. The average molecular weight is 342 g/mol. The molecule has 0 aliphatic carbocycles. The molecule has 0 bridgehead atoms. The fraction of sp³-hybridized carbons (Fsp3) is 0.188. The van der Waals surface area contributed by atoms with Crippen molar-refractivity contribution in [1.82, 2.24) is 5.32 Å². The molecule has 0 unspecified atom stereocenters. The molecule has 0 atom stereocenters. The van der Waals surface area contributed by atoms with E-state index in [2.05, 4.69) is 5.32 Å². The number of hydrogen-bond donors (Lipinski definition) is 1. The molecule has 2 aromatic rings. The van der Waals surface area contributed by atoms with Crippen molar-refractivity contribution in [3.63, 3.8) is 0 Å². The van der Waals surface area contributed by atoms with Crippen molar-refractivity contribution in [3.05, 3.63) is 70.2 Å². The summed E-state index contributed by atoms with van der Waals surface area (Å²) < 4.78 is 26.9. The van der Waals surface area contributed by atoms with Gasteiger partial charge in [0, 0.05) is 23.1 Å². The van der Waals surface area contributed by atoms with Crippen LogP contribution in [0, 0.1) is 11.6 Å². The van der Waals surface area contributed by atoms with E-state index in [-0.39, 0.29) is 16.4 Å². The lowest BCUT2D eigenvalue weighted by atomic mass is 10.2. The van der Waals surface area contributed by atoms with Crippen LogP contribution in [-0.4, -0.2) is 18.2 Å². The first-order chi connectivity index (χ1) is 10.6. The van der Waals surface area contributed by atoms with E-state index in [1.807, 2.05) is 0 Å². The number of carbonyl (C=O) groups is 1. The summed E-state index contributed by atoms with van der Waals surface area (Å²) in [7, 11) is 0. The molecule has 0 aromatic heterocycles. The van der Waals surface area contributed by atoms with Gasteiger partial charge in [-0.05, 0) is 29.8 Å². The summed E-state index contributed by atoms with van der Waals surface area (Å²) in [6, 6.07) is 10.5. The minimum atomic E-state index is -0.649. The van der Waals surface area contributed by atoms with Crippen molar-refractivity contribution in [2.45, 2.75) is 5.75 Å². The molecule has 0 saturated carbocycles. The molecule has 0 aliphatic rings. The number of carbonyl (C=O) groups excluding carboxylic acids is 1. The van der Waals surface area contributed by atoms with E-state index < -0.39 is 11.7 Å². The molecule has 0 fully saturated rings. The fourth-order valence-electron chi connectivity index (χ4n) is 1.80. The zero-order valence-corrected chi connectivity index (χ0v) is 13.2.